The summed E-state index contributed by atoms with van der Waals surface area (Å²) in [6.45, 7) is 3.30. The molecule has 2 saturated heterocycles. The van der Waals surface area contributed by atoms with Crippen molar-refractivity contribution in [2.24, 2.45) is 5.41 Å². The fourth-order valence-electron chi connectivity index (χ4n) is 4.16. The van der Waals surface area contributed by atoms with E-state index in [2.05, 4.69) is 21.8 Å². The predicted molar refractivity (Wildman–Crippen MR) is 86.4 cm³/mol. The molecule has 0 bridgehead atoms. The van der Waals surface area contributed by atoms with E-state index < -0.39 is 11.4 Å². The van der Waals surface area contributed by atoms with Crippen molar-refractivity contribution in [1.82, 2.24) is 14.8 Å². The van der Waals surface area contributed by atoms with Gasteiger partial charge in [0.2, 0.25) is 5.88 Å². The Morgan fingerprint density at radius 2 is 2.30 bits per heavy atom. The monoisotopic (exact) mass is 319 g/mol. The van der Waals surface area contributed by atoms with Gasteiger partial charge in [0.1, 0.15) is 0 Å². The third kappa shape index (κ3) is 2.93. The molecule has 6 heteroatoms. The maximum atomic E-state index is 11.9. The summed E-state index contributed by atoms with van der Waals surface area (Å²) >= 11 is 0. The maximum Gasteiger partial charge on any atom is 0.311 e. The van der Waals surface area contributed by atoms with E-state index in [0.29, 0.717) is 12.3 Å². The van der Waals surface area contributed by atoms with Crippen molar-refractivity contribution >= 4 is 5.97 Å². The van der Waals surface area contributed by atoms with Crippen LogP contribution in [0.2, 0.25) is 0 Å². The summed E-state index contributed by atoms with van der Waals surface area (Å²) in [5.74, 6) is 0.0206. The fraction of sp³-hybridized carbons (Fsp3) is 0.647. The molecule has 0 aliphatic carbocycles. The van der Waals surface area contributed by atoms with Gasteiger partial charge in [-0.2, -0.15) is 0 Å². The Balaban J connectivity index is 1.77. The molecule has 1 N–H and O–H groups in total. The van der Waals surface area contributed by atoms with Crippen LogP contribution in [0.3, 0.4) is 0 Å². The number of rotatable bonds is 4. The van der Waals surface area contributed by atoms with Gasteiger partial charge in [-0.3, -0.25) is 9.69 Å². The zero-order chi connectivity index (χ0) is 16.4. The number of ether oxygens (including phenoxy) is 1. The third-order valence-electron chi connectivity index (χ3n) is 5.47. The number of pyridine rings is 1. The lowest BCUT2D eigenvalue weighted by Crippen LogP contribution is -2.62. The first kappa shape index (κ1) is 16.2. The molecule has 23 heavy (non-hydrogen) atoms. The van der Waals surface area contributed by atoms with Crippen molar-refractivity contribution in [3.05, 3.63) is 23.9 Å². The second-order valence-electron chi connectivity index (χ2n) is 6.72. The van der Waals surface area contributed by atoms with E-state index in [-0.39, 0.29) is 6.04 Å². The highest BCUT2D eigenvalue weighted by Crippen LogP contribution is 2.42. The first-order valence-electron chi connectivity index (χ1n) is 8.21. The van der Waals surface area contributed by atoms with Crippen molar-refractivity contribution in [2.45, 2.75) is 31.8 Å². The van der Waals surface area contributed by atoms with Gasteiger partial charge in [-0.15, -0.1) is 0 Å². The Hall–Kier alpha value is -1.66. The Morgan fingerprint density at radius 3 is 3.04 bits per heavy atom. The average molecular weight is 319 g/mol. The van der Waals surface area contributed by atoms with Crippen LogP contribution in [0, 0.1) is 5.41 Å². The molecule has 0 saturated carbocycles. The Kier molecular flexibility index (Phi) is 4.55. The molecular formula is C17H25N3O3. The number of carboxylic acid groups (broad SMARTS) is 1. The topological polar surface area (TPSA) is 65.9 Å². The van der Waals surface area contributed by atoms with E-state index in [1.54, 1.807) is 13.3 Å². The van der Waals surface area contributed by atoms with Gasteiger partial charge in [0.25, 0.3) is 0 Å². The van der Waals surface area contributed by atoms with Crippen molar-refractivity contribution in [2.75, 3.05) is 33.8 Å². The standard InChI is InChI=1S/C17H25N3O3/c1-19-9-4-6-17(16(21)22)7-10-20(12-14(17)19)11-13-5-3-8-18-15(13)23-2/h3,5,8,14H,4,6-7,9-12H2,1-2H3,(H,21,22)/t14-,17+/m1/s1. The molecule has 1 aromatic heterocycles. The van der Waals surface area contributed by atoms with Crippen LogP contribution in [0.4, 0.5) is 0 Å². The first-order valence-corrected chi connectivity index (χ1v) is 8.21. The minimum absolute atomic E-state index is 0.0742. The largest absolute Gasteiger partial charge is 0.481 e. The van der Waals surface area contributed by atoms with Crippen LogP contribution in [-0.2, 0) is 11.3 Å². The van der Waals surface area contributed by atoms with Gasteiger partial charge in [-0.05, 0) is 45.5 Å². The number of fused-ring (bicyclic) bond motifs is 1. The molecule has 0 aromatic carbocycles. The lowest BCUT2D eigenvalue weighted by Gasteiger charge is -2.51. The highest BCUT2D eigenvalue weighted by atomic mass is 16.5. The van der Waals surface area contributed by atoms with E-state index in [4.69, 9.17) is 4.74 Å². The minimum atomic E-state index is -0.632. The van der Waals surface area contributed by atoms with Gasteiger partial charge in [0, 0.05) is 30.9 Å². The summed E-state index contributed by atoms with van der Waals surface area (Å²) in [4.78, 5) is 20.7. The van der Waals surface area contributed by atoms with E-state index in [1.807, 2.05) is 12.1 Å². The van der Waals surface area contributed by atoms with E-state index in [9.17, 15) is 9.90 Å². The maximum absolute atomic E-state index is 11.9. The summed E-state index contributed by atoms with van der Waals surface area (Å²) in [6, 6.07) is 4.01. The molecule has 126 valence electrons. The van der Waals surface area contributed by atoms with Gasteiger partial charge < -0.3 is 14.7 Å². The molecule has 2 aliphatic rings. The highest BCUT2D eigenvalue weighted by Gasteiger charge is 2.52. The molecule has 2 atom stereocenters. The Bertz CT molecular complexity index is 580. The van der Waals surface area contributed by atoms with Crippen molar-refractivity contribution in [1.29, 1.82) is 0 Å². The van der Waals surface area contributed by atoms with Gasteiger partial charge in [-0.25, -0.2) is 4.98 Å². The molecule has 0 amide bonds. The van der Waals surface area contributed by atoms with Crippen molar-refractivity contribution in [3.8, 4) is 5.88 Å². The van der Waals surface area contributed by atoms with Gasteiger partial charge >= 0.3 is 5.97 Å². The van der Waals surface area contributed by atoms with Crippen LogP contribution < -0.4 is 4.74 Å². The number of carbonyl (C=O) groups is 1. The normalized spacial score (nSPS) is 29.0. The van der Waals surface area contributed by atoms with Crippen LogP contribution in [0.25, 0.3) is 0 Å². The predicted octanol–water partition coefficient (Wildman–Crippen LogP) is 1.46. The number of aromatic nitrogens is 1. The van der Waals surface area contributed by atoms with E-state index >= 15 is 0 Å². The summed E-state index contributed by atoms with van der Waals surface area (Å²) < 4.78 is 5.33. The number of methoxy groups -OCH3 is 1. The molecule has 1 aromatic rings. The number of likely N-dealkylation sites (tertiary alicyclic amines) is 2. The lowest BCUT2D eigenvalue weighted by atomic mass is 9.68. The molecule has 3 heterocycles. The molecule has 2 aliphatic heterocycles. The minimum Gasteiger partial charge on any atom is -0.481 e. The zero-order valence-corrected chi connectivity index (χ0v) is 13.9. The summed E-state index contributed by atoms with van der Waals surface area (Å²) in [7, 11) is 3.68. The molecule has 6 nitrogen and oxygen atoms in total. The van der Waals surface area contributed by atoms with Crippen molar-refractivity contribution in [3.63, 3.8) is 0 Å². The molecular weight excluding hydrogens is 294 g/mol. The molecule has 0 unspecified atom stereocenters. The van der Waals surface area contributed by atoms with Crippen LogP contribution in [0.1, 0.15) is 24.8 Å². The lowest BCUT2D eigenvalue weighted by molar-refractivity contribution is -0.162. The zero-order valence-electron chi connectivity index (χ0n) is 13.9. The first-order chi connectivity index (χ1) is 11.1. The number of hydrogen-bond donors (Lipinski definition) is 1. The number of aliphatic carboxylic acids is 1. The summed E-state index contributed by atoms with van der Waals surface area (Å²) in [5, 5.41) is 9.82. The van der Waals surface area contributed by atoms with Crippen LogP contribution in [-0.4, -0.2) is 65.7 Å². The van der Waals surface area contributed by atoms with Gasteiger partial charge in [-0.1, -0.05) is 6.07 Å². The summed E-state index contributed by atoms with van der Waals surface area (Å²) in [5.41, 5.74) is 0.471. The second kappa shape index (κ2) is 6.45. The number of likely N-dealkylation sites (N-methyl/N-ethyl adjacent to an activating group) is 1. The Labute approximate surface area is 137 Å². The van der Waals surface area contributed by atoms with Crippen LogP contribution >= 0.6 is 0 Å². The Morgan fingerprint density at radius 1 is 1.48 bits per heavy atom. The molecule has 0 radical (unpaired) electrons. The molecule has 0 spiro atoms. The van der Waals surface area contributed by atoms with Crippen LogP contribution in [0.5, 0.6) is 5.88 Å². The smallest absolute Gasteiger partial charge is 0.311 e. The SMILES string of the molecule is COc1ncccc1CN1CC[C@@]2(C(=O)O)CCCN(C)[C@@H]2C1. The van der Waals surface area contributed by atoms with Crippen molar-refractivity contribution < 1.29 is 14.6 Å². The fourth-order valence-corrected chi connectivity index (χ4v) is 4.16. The molecule has 3 rings (SSSR count). The van der Waals surface area contributed by atoms with E-state index in [1.165, 1.54) is 0 Å². The second-order valence-corrected chi connectivity index (χ2v) is 6.72. The number of nitrogens with zero attached hydrogens (tertiary/aromatic N) is 3. The highest BCUT2D eigenvalue weighted by molar-refractivity contribution is 5.76. The number of hydrogen-bond acceptors (Lipinski definition) is 5. The van der Waals surface area contributed by atoms with Gasteiger partial charge in [0.05, 0.1) is 12.5 Å². The van der Waals surface area contributed by atoms with E-state index in [0.717, 1.165) is 44.6 Å². The quantitative estimate of drug-likeness (QED) is 0.906. The van der Waals surface area contributed by atoms with Crippen LogP contribution in [0.15, 0.2) is 18.3 Å². The van der Waals surface area contributed by atoms with Gasteiger partial charge in [0.15, 0.2) is 0 Å². The average Bonchev–Trinajstić information content (AvgIpc) is 2.56. The number of carboxylic acids is 1. The number of piperidine rings is 2. The molecule has 2 fully saturated rings. The summed E-state index contributed by atoms with van der Waals surface area (Å²) in [6.07, 6.45) is 4.19. The third-order valence-corrected chi connectivity index (χ3v) is 5.47.